The van der Waals surface area contributed by atoms with Gasteiger partial charge in [-0.05, 0) is 31.0 Å². The average molecular weight is 440 g/mol. The van der Waals surface area contributed by atoms with Crippen LogP contribution < -0.4 is 0 Å². The van der Waals surface area contributed by atoms with Gasteiger partial charge in [0.25, 0.3) is 5.69 Å². The van der Waals surface area contributed by atoms with Crippen LogP contribution in [0.5, 0.6) is 0 Å². The molecule has 4 rings (SSSR count). The summed E-state index contributed by atoms with van der Waals surface area (Å²) in [7, 11) is 1.33. The van der Waals surface area contributed by atoms with Gasteiger partial charge in [0, 0.05) is 18.7 Å². The van der Waals surface area contributed by atoms with Gasteiger partial charge in [-0.25, -0.2) is 0 Å². The van der Waals surface area contributed by atoms with E-state index in [0.717, 1.165) is 5.56 Å². The number of nitrogens with zero attached hydrogens (tertiary/aromatic N) is 4. The maximum Gasteiger partial charge on any atom is 0.315 e. The molecule has 2 heterocycles. The van der Waals surface area contributed by atoms with Crippen molar-refractivity contribution in [1.82, 2.24) is 5.06 Å². The normalized spacial score (nSPS) is 27.5. The number of nitro groups is 1. The van der Waals surface area contributed by atoms with Crippen LogP contribution in [0.25, 0.3) is 0 Å². The predicted molar refractivity (Wildman–Crippen MR) is 113 cm³/mol. The Kier molecular flexibility index (Phi) is 6.26. The lowest BCUT2D eigenvalue weighted by Crippen LogP contribution is -2.44. The summed E-state index contributed by atoms with van der Waals surface area (Å²) in [5, 5.41) is 21.1. The average Bonchev–Trinajstić information content (AvgIpc) is 3.32. The first kappa shape index (κ1) is 22.0. The molecular weight excluding hydrogens is 416 g/mol. The van der Waals surface area contributed by atoms with E-state index in [9.17, 15) is 14.9 Å². The fraction of sp³-hybridized carbons (Fsp3) is 0.409. The second-order valence-corrected chi connectivity index (χ2v) is 7.88. The van der Waals surface area contributed by atoms with Gasteiger partial charge in [0.15, 0.2) is 0 Å². The Morgan fingerprint density at radius 1 is 1.25 bits per heavy atom. The van der Waals surface area contributed by atoms with Crippen molar-refractivity contribution >= 4 is 17.3 Å². The molecule has 4 atom stereocenters. The highest BCUT2D eigenvalue weighted by atomic mass is 16.7. The maximum absolute atomic E-state index is 12.8. The third kappa shape index (κ3) is 4.38. The number of rotatable bonds is 7. The number of methoxy groups -OCH3 is 1. The number of esters is 1. The SMILES string of the molecule is COC(=O)[C@H]1[C@@H]2[C@@H](OCc3ccccc3)CCN2O[C@]1(C)N=Nc1ccc([N+](=O)[O-])cc1. The summed E-state index contributed by atoms with van der Waals surface area (Å²) in [6.45, 7) is 2.68. The van der Waals surface area contributed by atoms with Gasteiger partial charge in [-0.1, -0.05) is 30.3 Å². The van der Waals surface area contributed by atoms with E-state index in [-0.39, 0.29) is 17.8 Å². The molecule has 2 saturated heterocycles. The second kappa shape index (κ2) is 9.11. The summed E-state index contributed by atoms with van der Waals surface area (Å²) in [4.78, 5) is 29.2. The number of hydroxylamine groups is 2. The molecule has 0 amide bonds. The first-order valence-corrected chi connectivity index (χ1v) is 10.3. The quantitative estimate of drug-likeness (QED) is 0.278. The summed E-state index contributed by atoms with van der Waals surface area (Å²) >= 11 is 0. The zero-order valence-electron chi connectivity index (χ0n) is 17.8. The van der Waals surface area contributed by atoms with Crippen molar-refractivity contribution < 1.29 is 24.0 Å². The third-order valence-electron chi connectivity index (χ3n) is 5.75. The van der Waals surface area contributed by atoms with Crippen LogP contribution in [0.1, 0.15) is 18.9 Å². The molecule has 0 aliphatic carbocycles. The van der Waals surface area contributed by atoms with Crippen molar-refractivity contribution in [2.45, 2.75) is 37.8 Å². The summed E-state index contributed by atoms with van der Waals surface area (Å²) in [6.07, 6.45) is 0.469. The Balaban J connectivity index is 1.53. The number of carbonyl (C=O) groups is 1. The van der Waals surface area contributed by atoms with Crippen molar-refractivity contribution in [2.24, 2.45) is 16.1 Å². The van der Waals surface area contributed by atoms with Crippen LogP contribution in [0.3, 0.4) is 0 Å². The summed E-state index contributed by atoms with van der Waals surface area (Å²) in [5.41, 5.74) is 0.112. The first-order valence-electron chi connectivity index (χ1n) is 10.3. The maximum atomic E-state index is 12.8. The van der Waals surface area contributed by atoms with Gasteiger partial charge in [-0.3, -0.25) is 19.7 Å². The number of azo groups is 1. The number of fused-ring (bicyclic) bond motifs is 1. The molecule has 168 valence electrons. The van der Waals surface area contributed by atoms with E-state index in [1.807, 2.05) is 30.3 Å². The van der Waals surface area contributed by atoms with E-state index in [1.165, 1.54) is 31.4 Å². The van der Waals surface area contributed by atoms with Crippen LogP contribution in [0.15, 0.2) is 64.8 Å². The Morgan fingerprint density at radius 3 is 2.62 bits per heavy atom. The predicted octanol–water partition coefficient (Wildman–Crippen LogP) is 3.79. The molecule has 2 aromatic rings. The number of ether oxygens (including phenoxy) is 2. The van der Waals surface area contributed by atoms with Gasteiger partial charge < -0.3 is 9.47 Å². The van der Waals surface area contributed by atoms with E-state index in [0.29, 0.717) is 25.3 Å². The standard InChI is InChI=1S/C22H24N4O6/c1-22(24-23-16-8-10-17(11-9-16)26(28)29)19(21(27)30-2)20-18(12-13-25(20)32-22)31-14-15-6-4-3-5-7-15/h3-11,18-20H,12-14H2,1-2H3/t18-,19+,20-,22-/m0/s1. The molecule has 2 aromatic carbocycles. The molecule has 10 heteroatoms. The Hall–Kier alpha value is -3.21. The summed E-state index contributed by atoms with van der Waals surface area (Å²) < 4.78 is 11.2. The highest BCUT2D eigenvalue weighted by molar-refractivity contribution is 5.75. The lowest BCUT2D eigenvalue weighted by Gasteiger charge is -2.26. The van der Waals surface area contributed by atoms with E-state index < -0.39 is 22.5 Å². The van der Waals surface area contributed by atoms with Gasteiger partial charge in [0.1, 0.15) is 5.92 Å². The molecule has 0 aromatic heterocycles. The lowest BCUT2D eigenvalue weighted by atomic mass is 9.88. The minimum Gasteiger partial charge on any atom is -0.469 e. The second-order valence-electron chi connectivity index (χ2n) is 7.88. The van der Waals surface area contributed by atoms with Gasteiger partial charge >= 0.3 is 5.97 Å². The van der Waals surface area contributed by atoms with Crippen LogP contribution in [-0.4, -0.2) is 47.5 Å². The van der Waals surface area contributed by atoms with Crippen LogP contribution in [0.4, 0.5) is 11.4 Å². The lowest BCUT2D eigenvalue weighted by molar-refractivity contribution is -0.384. The van der Waals surface area contributed by atoms with Crippen molar-refractivity contribution in [3.05, 3.63) is 70.3 Å². The molecule has 2 aliphatic heterocycles. The van der Waals surface area contributed by atoms with Crippen LogP contribution >= 0.6 is 0 Å². The topological polar surface area (TPSA) is 116 Å². The molecule has 0 saturated carbocycles. The van der Waals surface area contributed by atoms with E-state index in [4.69, 9.17) is 14.3 Å². The van der Waals surface area contributed by atoms with E-state index in [2.05, 4.69) is 10.2 Å². The van der Waals surface area contributed by atoms with Crippen molar-refractivity contribution in [3.63, 3.8) is 0 Å². The van der Waals surface area contributed by atoms with E-state index in [1.54, 1.807) is 12.0 Å². The first-order chi connectivity index (χ1) is 15.4. The Labute approximate surface area is 184 Å². The molecule has 0 radical (unpaired) electrons. The molecule has 0 unspecified atom stereocenters. The number of benzene rings is 2. The van der Waals surface area contributed by atoms with Crippen molar-refractivity contribution in [3.8, 4) is 0 Å². The fourth-order valence-corrected chi connectivity index (χ4v) is 4.18. The molecule has 0 bridgehead atoms. The van der Waals surface area contributed by atoms with Crippen LogP contribution in [0.2, 0.25) is 0 Å². The van der Waals surface area contributed by atoms with Gasteiger partial charge in [0.2, 0.25) is 5.72 Å². The monoisotopic (exact) mass is 440 g/mol. The largest absolute Gasteiger partial charge is 0.469 e. The number of carbonyl (C=O) groups excluding carboxylic acids is 1. The number of nitro benzene ring substituents is 1. The smallest absolute Gasteiger partial charge is 0.315 e. The number of hydrogen-bond donors (Lipinski definition) is 0. The zero-order valence-corrected chi connectivity index (χ0v) is 17.8. The highest BCUT2D eigenvalue weighted by Crippen LogP contribution is 2.45. The molecule has 2 aliphatic rings. The molecule has 32 heavy (non-hydrogen) atoms. The van der Waals surface area contributed by atoms with Gasteiger partial charge in [0.05, 0.1) is 36.5 Å². The van der Waals surface area contributed by atoms with Crippen LogP contribution in [-0.2, 0) is 25.7 Å². The molecular formula is C22H24N4O6. The van der Waals surface area contributed by atoms with Gasteiger partial charge in [-0.2, -0.15) is 15.3 Å². The third-order valence-corrected chi connectivity index (χ3v) is 5.75. The Bertz CT molecular complexity index is 999. The minimum atomic E-state index is -1.30. The minimum absolute atomic E-state index is 0.0428. The summed E-state index contributed by atoms with van der Waals surface area (Å²) in [6, 6.07) is 15.1. The van der Waals surface area contributed by atoms with Crippen molar-refractivity contribution in [1.29, 1.82) is 0 Å². The van der Waals surface area contributed by atoms with Gasteiger partial charge in [-0.15, -0.1) is 0 Å². The molecule has 10 nitrogen and oxygen atoms in total. The molecule has 2 fully saturated rings. The summed E-state index contributed by atoms with van der Waals surface area (Å²) in [5.74, 6) is -1.21. The fourth-order valence-electron chi connectivity index (χ4n) is 4.18. The Morgan fingerprint density at radius 2 is 1.97 bits per heavy atom. The van der Waals surface area contributed by atoms with E-state index >= 15 is 0 Å². The number of non-ortho nitro benzene ring substituents is 1. The molecule has 0 spiro atoms. The van der Waals surface area contributed by atoms with Crippen LogP contribution in [0, 0.1) is 16.0 Å². The zero-order chi connectivity index (χ0) is 22.7. The molecule has 0 N–H and O–H groups in total. The highest BCUT2D eigenvalue weighted by Gasteiger charge is 2.61. The number of hydrogen-bond acceptors (Lipinski definition) is 9. The van der Waals surface area contributed by atoms with Crippen molar-refractivity contribution in [2.75, 3.05) is 13.7 Å².